The first-order valence-electron chi connectivity index (χ1n) is 2.32. The maximum Gasteiger partial charge on any atom is -0.000703 e. The molecule has 0 aliphatic carbocycles. The third kappa shape index (κ3) is 0.884. The lowest BCUT2D eigenvalue weighted by atomic mass is 10.4. The molecule has 0 spiro atoms. The molecule has 1 saturated heterocycles. The molecule has 0 saturated carbocycles. The second kappa shape index (κ2) is 1.85. The van der Waals surface area contributed by atoms with Gasteiger partial charge in [0.1, 0.15) is 0 Å². The van der Waals surface area contributed by atoms with Gasteiger partial charge in [-0.2, -0.15) is 4.55 Å². The minimum absolute atomic E-state index is 0.715. The van der Waals surface area contributed by atoms with Crippen LogP contribution in [0.2, 0.25) is 0 Å². The first-order valence-corrected chi connectivity index (χ1v) is 3.95. The molecule has 1 radical (unpaired) electrons. The summed E-state index contributed by atoms with van der Waals surface area (Å²) in [6.45, 7) is 0. The zero-order valence-corrected chi connectivity index (χ0v) is 4.58. The Morgan fingerprint density at radius 3 is 1.83 bits per heavy atom. The molecule has 0 aromatic rings. The number of rotatable bonds is 0. The second-order valence-corrected chi connectivity index (χ2v) is 3.49. The van der Waals surface area contributed by atoms with Crippen LogP contribution in [0.5, 0.6) is 0 Å². The highest BCUT2D eigenvalue weighted by atomic mass is 32.2. The molecule has 0 unspecified atom stereocenters. The fraction of sp³-hybridized carbons (Fsp3) is 1.00. The monoisotopic (exact) mass is 105 g/mol. The van der Waals surface area contributed by atoms with Gasteiger partial charge in [0.15, 0.2) is 0 Å². The Morgan fingerprint density at radius 2 is 1.67 bits per heavy atom. The third-order valence-corrected chi connectivity index (χ3v) is 2.70. The topological polar surface area (TPSA) is 19.9 Å². The summed E-state index contributed by atoms with van der Waals surface area (Å²) < 4.78 is 10.4. The minimum atomic E-state index is -0.715. The summed E-state index contributed by atoms with van der Waals surface area (Å²) in [6, 6.07) is 0. The van der Waals surface area contributed by atoms with E-state index in [4.69, 9.17) is 0 Å². The molecule has 37 valence electrons. The fourth-order valence-electron chi connectivity index (χ4n) is 0.688. The lowest BCUT2D eigenvalue weighted by molar-refractivity contribution is 0.521. The first kappa shape index (κ1) is 4.47. The Kier molecular flexibility index (Phi) is 1.37. The molecule has 0 N–H and O–H groups in total. The first-order chi connectivity index (χ1) is 2.89. The summed E-state index contributed by atoms with van der Waals surface area (Å²) in [4.78, 5) is 0. The van der Waals surface area contributed by atoms with Gasteiger partial charge in [-0.05, 0) is 24.3 Å². The highest BCUT2D eigenvalue weighted by Gasteiger charge is 2.06. The van der Waals surface area contributed by atoms with Crippen LogP contribution in [-0.4, -0.2) is 11.5 Å². The third-order valence-electron chi connectivity index (χ3n) is 1.07. The Balaban J connectivity index is 2.18. The van der Waals surface area contributed by atoms with Crippen LogP contribution < -0.4 is 0 Å². The summed E-state index contributed by atoms with van der Waals surface area (Å²) in [5, 5.41) is 0. The van der Waals surface area contributed by atoms with E-state index in [-0.39, 0.29) is 0 Å². The van der Waals surface area contributed by atoms with Crippen LogP contribution in [0.15, 0.2) is 0 Å². The van der Waals surface area contributed by atoms with E-state index in [1.54, 1.807) is 0 Å². The van der Waals surface area contributed by atoms with Gasteiger partial charge >= 0.3 is 0 Å². The normalized spacial score (nSPS) is 28.5. The van der Waals surface area contributed by atoms with Crippen molar-refractivity contribution in [2.24, 2.45) is 0 Å². The Bertz CT molecular complexity index is 40.8. The summed E-state index contributed by atoms with van der Waals surface area (Å²) >= 11 is -0.715. The van der Waals surface area contributed by atoms with Crippen molar-refractivity contribution in [3.05, 3.63) is 0 Å². The molecule has 2 heteroatoms. The van der Waals surface area contributed by atoms with Crippen molar-refractivity contribution in [3.63, 3.8) is 0 Å². The SMILES string of the molecule is [O][SH]1CCCC1. The second-order valence-electron chi connectivity index (χ2n) is 1.64. The molecular weight excluding hydrogens is 96.1 g/mol. The molecule has 1 nitrogen and oxygen atoms in total. The van der Waals surface area contributed by atoms with Crippen LogP contribution >= 0.6 is 11.2 Å². The van der Waals surface area contributed by atoms with Gasteiger partial charge in [-0.3, -0.25) is 0 Å². The Labute approximate surface area is 40.9 Å². The molecule has 0 bridgehead atoms. The van der Waals surface area contributed by atoms with E-state index in [2.05, 4.69) is 0 Å². The van der Waals surface area contributed by atoms with Gasteiger partial charge in [0.2, 0.25) is 0 Å². The molecule has 0 atom stereocenters. The van der Waals surface area contributed by atoms with E-state index in [1.807, 2.05) is 0 Å². The maximum absolute atomic E-state index is 10.4. The Morgan fingerprint density at radius 1 is 1.17 bits per heavy atom. The van der Waals surface area contributed by atoms with Gasteiger partial charge in [-0.15, -0.1) is 11.2 Å². The van der Waals surface area contributed by atoms with E-state index >= 15 is 0 Å². The Hall–Kier alpha value is 0.310. The van der Waals surface area contributed by atoms with Crippen molar-refractivity contribution < 1.29 is 4.55 Å². The molecule has 1 aliphatic heterocycles. The van der Waals surface area contributed by atoms with Crippen LogP contribution in [-0.2, 0) is 4.55 Å². The van der Waals surface area contributed by atoms with Gasteiger partial charge < -0.3 is 0 Å². The van der Waals surface area contributed by atoms with E-state index < -0.39 is 11.2 Å². The zero-order chi connectivity index (χ0) is 4.41. The molecular formula is C4H9OS. The van der Waals surface area contributed by atoms with Crippen molar-refractivity contribution in [2.75, 3.05) is 11.5 Å². The predicted molar refractivity (Wildman–Crippen MR) is 28.6 cm³/mol. The lowest BCUT2D eigenvalue weighted by Crippen LogP contribution is -1.71. The van der Waals surface area contributed by atoms with Crippen LogP contribution in [0.25, 0.3) is 0 Å². The standard InChI is InChI=1S/C4H9OS/c5-6-3-1-2-4-6/h6H,1-4H2. The molecule has 0 aromatic carbocycles. The van der Waals surface area contributed by atoms with Gasteiger partial charge in [-0.1, -0.05) is 0 Å². The predicted octanol–water partition coefficient (Wildman–Crippen LogP) is 1.13. The van der Waals surface area contributed by atoms with Crippen molar-refractivity contribution in [1.29, 1.82) is 0 Å². The molecule has 0 aromatic heterocycles. The van der Waals surface area contributed by atoms with Crippen molar-refractivity contribution >= 4 is 11.2 Å². The lowest BCUT2D eigenvalue weighted by Gasteiger charge is -1.94. The fourth-order valence-corrected chi connectivity index (χ4v) is 2.06. The summed E-state index contributed by atoms with van der Waals surface area (Å²) in [7, 11) is 0. The minimum Gasteiger partial charge on any atom is -0.178 e. The van der Waals surface area contributed by atoms with Crippen molar-refractivity contribution in [1.82, 2.24) is 0 Å². The van der Waals surface area contributed by atoms with E-state index in [0.29, 0.717) is 0 Å². The molecule has 6 heavy (non-hydrogen) atoms. The highest BCUT2D eigenvalue weighted by molar-refractivity contribution is 8.11. The van der Waals surface area contributed by atoms with Crippen LogP contribution in [0.1, 0.15) is 12.8 Å². The average molecular weight is 105 g/mol. The molecule has 1 fully saturated rings. The van der Waals surface area contributed by atoms with Gasteiger partial charge in [0, 0.05) is 0 Å². The zero-order valence-electron chi connectivity index (χ0n) is 3.68. The van der Waals surface area contributed by atoms with Gasteiger partial charge in [0.05, 0.1) is 0 Å². The quantitative estimate of drug-likeness (QED) is 0.445. The highest BCUT2D eigenvalue weighted by Crippen LogP contribution is 2.30. The maximum atomic E-state index is 10.4. The molecule has 1 rings (SSSR count). The smallest absolute Gasteiger partial charge is 0.000703 e. The van der Waals surface area contributed by atoms with Crippen molar-refractivity contribution in [2.45, 2.75) is 12.8 Å². The van der Waals surface area contributed by atoms with Crippen molar-refractivity contribution in [3.8, 4) is 0 Å². The van der Waals surface area contributed by atoms with Gasteiger partial charge in [0.25, 0.3) is 0 Å². The molecule has 1 aliphatic rings. The van der Waals surface area contributed by atoms with Crippen LogP contribution in [0, 0.1) is 0 Å². The van der Waals surface area contributed by atoms with Gasteiger partial charge in [-0.25, -0.2) is 0 Å². The average Bonchev–Trinajstić information content (AvgIpc) is 1.86. The largest absolute Gasteiger partial charge is 0.178 e. The summed E-state index contributed by atoms with van der Waals surface area (Å²) in [6.07, 6.45) is 2.41. The number of thiol groups is 1. The number of hydrogen-bond donors (Lipinski definition) is 1. The van der Waals surface area contributed by atoms with E-state index in [0.717, 1.165) is 11.5 Å². The van der Waals surface area contributed by atoms with E-state index in [1.165, 1.54) is 12.8 Å². The van der Waals surface area contributed by atoms with Crippen LogP contribution in [0.3, 0.4) is 0 Å². The molecule has 0 amide bonds. The summed E-state index contributed by atoms with van der Waals surface area (Å²) in [5.41, 5.74) is 0. The van der Waals surface area contributed by atoms with Crippen LogP contribution in [0.4, 0.5) is 0 Å². The van der Waals surface area contributed by atoms with E-state index in [9.17, 15) is 4.55 Å². The number of hydrogen-bond acceptors (Lipinski definition) is 0. The molecule has 1 heterocycles. The summed E-state index contributed by atoms with van der Waals surface area (Å²) in [5.74, 6) is 1.99.